The monoisotopic (exact) mass is 450 g/mol. The van der Waals surface area contributed by atoms with Crippen molar-refractivity contribution in [3.63, 3.8) is 0 Å². The molecule has 0 spiro atoms. The summed E-state index contributed by atoms with van der Waals surface area (Å²) in [6.07, 6.45) is 8.54. The third kappa shape index (κ3) is 3.27. The summed E-state index contributed by atoms with van der Waals surface area (Å²) in [6.45, 7) is 3.00. The van der Waals surface area contributed by atoms with Crippen molar-refractivity contribution in [3.05, 3.63) is 58.7 Å². The number of aryl methyl sites for hydroxylation is 1. The molecule has 5 aliphatic carbocycles. The van der Waals surface area contributed by atoms with E-state index in [9.17, 15) is 13.6 Å². The summed E-state index contributed by atoms with van der Waals surface area (Å²) in [5.74, 6) is -3.62. The molecule has 4 fully saturated rings. The molecule has 2 aromatic rings. The Morgan fingerprint density at radius 1 is 1.09 bits per heavy atom. The maximum absolute atomic E-state index is 13.5. The van der Waals surface area contributed by atoms with Gasteiger partial charge in [0.15, 0.2) is 0 Å². The summed E-state index contributed by atoms with van der Waals surface area (Å²) in [5, 5.41) is 0. The number of benzene rings is 2. The Labute approximate surface area is 194 Å². The van der Waals surface area contributed by atoms with Crippen LogP contribution < -0.4 is 0 Å². The standard InChI is InChI=1S/C29H32F2O2/c1-3-20-8-9-24(23-11-21-6-4-5-7-22(21)25(20)23)29-14-18-10-19(15-29)13-28(12-18,16-29)17-33-26(32)27(2,30)31/h4-9,18-19H,3,10-17H2,1-2H3. The van der Waals surface area contributed by atoms with Crippen LogP contribution in [-0.4, -0.2) is 18.5 Å². The van der Waals surface area contributed by atoms with Gasteiger partial charge >= 0.3 is 11.9 Å². The van der Waals surface area contributed by atoms with Gasteiger partial charge in [-0.15, -0.1) is 0 Å². The van der Waals surface area contributed by atoms with Gasteiger partial charge in [-0.1, -0.05) is 43.3 Å². The second-order valence-corrected chi connectivity index (χ2v) is 11.5. The molecular formula is C29H32F2O2. The second kappa shape index (κ2) is 7.13. The zero-order valence-electron chi connectivity index (χ0n) is 19.6. The Bertz CT molecular complexity index is 1110. The van der Waals surface area contributed by atoms with Crippen LogP contribution in [0.3, 0.4) is 0 Å². The predicted octanol–water partition coefficient (Wildman–Crippen LogP) is 6.86. The highest BCUT2D eigenvalue weighted by Gasteiger charge is 2.59. The second-order valence-electron chi connectivity index (χ2n) is 11.5. The maximum atomic E-state index is 13.5. The number of alkyl halides is 2. The molecule has 4 heteroatoms. The normalized spacial score (nSPS) is 31.4. The van der Waals surface area contributed by atoms with Crippen LogP contribution in [-0.2, 0) is 27.8 Å². The summed E-state index contributed by atoms with van der Waals surface area (Å²) >= 11 is 0. The van der Waals surface area contributed by atoms with Crippen LogP contribution in [0.5, 0.6) is 0 Å². The summed E-state index contributed by atoms with van der Waals surface area (Å²) in [5.41, 5.74) is 8.53. The first-order valence-electron chi connectivity index (χ1n) is 12.5. The van der Waals surface area contributed by atoms with Crippen molar-refractivity contribution in [3.8, 4) is 11.1 Å². The highest BCUT2D eigenvalue weighted by molar-refractivity contribution is 5.81. The lowest BCUT2D eigenvalue weighted by Crippen LogP contribution is -2.56. The van der Waals surface area contributed by atoms with E-state index in [1.807, 2.05) is 0 Å². The molecule has 0 aromatic heterocycles. The fraction of sp³-hybridized carbons (Fsp3) is 0.552. The van der Waals surface area contributed by atoms with E-state index in [4.69, 9.17) is 4.74 Å². The van der Waals surface area contributed by atoms with Crippen molar-refractivity contribution in [2.24, 2.45) is 17.3 Å². The molecule has 5 aliphatic rings. The number of hydrogen-bond acceptors (Lipinski definition) is 2. The third-order valence-corrected chi connectivity index (χ3v) is 9.06. The molecule has 4 saturated carbocycles. The smallest absolute Gasteiger partial charge is 0.376 e. The molecule has 33 heavy (non-hydrogen) atoms. The predicted molar refractivity (Wildman–Crippen MR) is 124 cm³/mol. The molecule has 2 nitrogen and oxygen atoms in total. The average Bonchev–Trinajstić information content (AvgIpc) is 3.15. The molecule has 2 aromatic carbocycles. The van der Waals surface area contributed by atoms with Crippen LogP contribution in [0.4, 0.5) is 8.78 Å². The number of carbonyl (C=O) groups excluding carboxylic acids is 1. The number of halogens is 2. The van der Waals surface area contributed by atoms with E-state index in [0.717, 1.165) is 32.1 Å². The minimum absolute atomic E-state index is 0.0730. The van der Waals surface area contributed by atoms with Gasteiger partial charge in [-0.25, -0.2) is 4.79 Å². The van der Waals surface area contributed by atoms with Crippen LogP contribution >= 0.6 is 0 Å². The van der Waals surface area contributed by atoms with E-state index < -0.39 is 11.9 Å². The van der Waals surface area contributed by atoms with Gasteiger partial charge in [-0.2, -0.15) is 8.78 Å². The number of carbonyl (C=O) groups is 1. The number of fused-ring (bicyclic) bond motifs is 3. The van der Waals surface area contributed by atoms with Gasteiger partial charge in [-0.05, 0) is 102 Å². The van der Waals surface area contributed by atoms with Crippen molar-refractivity contribution in [2.75, 3.05) is 6.61 Å². The summed E-state index contributed by atoms with van der Waals surface area (Å²) in [4.78, 5) is 11.9. The van der Waals surface area contributed by atoms with Crippen LogP contribution in [0.15, 0.2) is 36.4 Å². The van der Waals surface area contributed by atoms with Crippen molar-refractivity contribution >= 4 is 5.97 Å². The minimum Gasteiger partial charge on any atom is -0.461 e. The van der Waals surface area contributed by atoms with E-state index in [0.29, 0.717) is 18.8 Å². The number of hydrogen-bond donors (Lipinski definition) is 0. The molecule has 2 unspecified atom stereocenters. The highest BCUT2D eigenvalue weighted by Crippen LogP contribution is 2.66. The van der Waals surface area contributed by atoms with E-state index in [-0.39, 0.29) is 17.4 Å². The Hall–Kier alpha value is -2.23. The summed E-state index contributed by atoms with van der Waals surface area (Å²) in [7, 11) is 0. The van der Waals surface area contributed by atoms with Gasteiger partial charge < -0.3 is 4.74 Å². The van der Waals surface area contributed by atoms with Crippen molar-refractivity contribution < 1.29 is 18.3 Å². The van der Waals surface area contributed by atoms with Gasteiger partial charge in [0.25, 0.3) is 0 Å². The van der Waals surface area contributed by atoms with Gasteiger partial charge in [-0.3, -0.25) is 0 Å². The van der Waals surface area contributed by atoms with E-state index in [1.54, 1.807) is 0 Å². The van der Waals surface area contributed by atoms with Gasteiger partial charge in [0.05, 0.1) is 6.61 Å². The molecule has 7 rings (SSSR count). The van der Waals surface area contributed by atoms with Crippen LogP contribution in [0, 0.1) is 17.3 Å². The van der Waals surface area contributed by atoms with E-state index in [1.165, 1.54) is 52.6 Å². The topological polar surface area (TPSA) is 26.3 Å². The molecule has 4 bridgehead atoms. The summed E-state index contributed by atoms with van der Waals surface area (Å²) in [6, 6.07) is 13.5. The third-order valence-electron chi connectivity index (χ3n) is 9.06. The lowest BCUT2D eigenvalue weighted by Gasteiger charge is -2.62. The van der Waals surface area contributed by atoms with Gasteiger partial charge in [0, 0.05) is 12.3 Å². The first-order valence-corrected chi connectivity index (χ1v) is 12.5. The molecule has 0 aliphatic heterocycles. The first kappa shape index (κ1) is 21.3. The van der Waals surface area contributed by atoms with Crippen molar-refractivity contribution in [1.82, 2.24) is 0 Å². The maximum Gasteiger partial charge on any atom is 0.376 e. The first-order chi connectivity index (χ1) is 15.7. The fourth-order valence-electron chi connectivity index (χ4n) is 8.40. The Morgan fingerprint density at radius 3 is 2.52 bits per heavy atom. The lowest BCUT2D eigenvalue weighted by atomic mass is 9.42. The Morgan fingerprint density at radius 2 is 1.82 bits per heavy atom. The Kier molecular flexibility index (Phi) is 4.61. The molecule has 0 saturated heterocycles. The molecule has 0 N–H and O–H groups in total. The van der Waals surface area contributed by atoms with Gasteiger partial charge in [0.1, 0.15) is 0 Å². The van der Waals surface area contributed by atoms with E-state index in [2.05, 4.69) is 43.3 Å². The van der Waals surface area contributed by atoms with Crippen molar-refractivity contribution in [1.29, 1.82) is 0 Å². The molecule has 0 radical (unpaired) electrons. The van der Waals surface area contributed by atoms with E-state index >= 15 is 0 Å². The SMILES string of the molecule is CCc1ccc(C23CC4CC(CC(COC(=O)C(C)(F)F)(C4)C2)C3)c2c1-c1ccccc1C2. The molecule has 2 atom stereocenters. The minimum atomic E-state index is -3.43. The largest absolute Gasteiger partial charge is 0.461 e. The van der Waals surface area contributed by atoms with Crippen LogP contribution in [0.2, 0.25) is 0 Å². The van der Waals surface area contributed by atoms with Crippen molar-refractivity contribution in [2.45, 2.75) is 76.6 Å². The molecule has 0 heterocycles. The highest BCUT2D eigenvalue weighted by atomic mass is 19.3. The zero-order valence-corrected chi connectivity index (χ0v) is 19.6. The zero-order chi connectivity index (χ0) is 23.0. The average molecular weight is 451 g/mol. The quantitative estimate of drug-likeness (QED) is 0.397. The molecule has 0 amide bonds. The lowest BCUT2D eigenvalue weighted by molar-refractivity contribution is -0.180. The van der Waals surface area contributed by atoms with Crippen LogP contribution in [0.25, 0.3) is 11.1 Å². The number of esters is 1. The molecular weight excluding hydrogens is 418 g/mol. The molecule has 174 valence electrons. The fourth-order valence-corrected chi connectivity index (χ4v) is 8.40. The Balaban J connectivity index is 1.39. The van der Waals surface area contributed by atoms with Gasteiger partial charge in [0.2, 0.25) is 0 Å². The summed E-state index contributed by atoms with van der Waals surface area (Å²) < 4.78 is 32.2. The van der Waals surface area contributed by atoms with Crippen LogP contribution in [0.1, 0.15) is 74.6 Å². The number of ether oxygens (including phenoxy) is 1. The number of rotatable bonds is 5.